The maximum absolute atomic E-state index is 9.96. The maximum atomic E-state index is 9.96. The van der Waals surface area contributed by atoms with E-state index in [0.29, 0.717) is 0 Å². The van der Waals surface area contributed by atoms with Gasteiger partial charge in [-0.05, 0) is 6.92 Å². The zero-order valence-corrected chi connectivity index (χ0v) is 5.49. The molecule has 0 aliphatic rings. The summed E-state index contributed by atoms with van der Waals surface area (Å²) < 4.78 is 0. The predicted molar refractivity (Wildman–Crippen MR) is 26.3 cm³/mol. The third kappa shape index (κ3) is 3.85. The fourth-order valence-corrected chi connectivity index (χ4v) is 0.369. The molecule has 0 spiro atoms. The first-order chi connectivity index (χ1) is 4.54. The normalized spacial score (nSPS) is 12.5. The molecule has 0 aliphatic heterocycles. The van der Waals surface area contributed by atoms with Crippen LogP contribution < -0.4 is 15.5 Å². The van der Waals surface area contributed by atoms with Crippen molar-refractivity contribution in [1.82, 2.24) is 0 Å². The number of carboxylic acids is 2. The second-order valence-electron chi connectivity index (χ2n) is 1.92. The van der Waals surface area contributed by atoms with Crippen LogP contribution in [-0.4, -0.2) is 24.5 Å². The Morgan fingerprint density at radius 2 is 2.00 bits per heavy atom. The third-order valence-electron chi connectivity index (χ3n) is 1.01. The number of carboxylic acid groups (broad SMARTS) is 2. The minimum Gasteiger partial charge on any atom is -0.544 e. The van der Waals surface area contributed by atoms with Gasteiger partial charge in [0.15, 0.2) is 0 Å². The highest BCUT2D eigenvalue weighted by Gasteiger charge is 2.03. The molecule has 0 rings (SSSR count). The van der Waals surface area contributed by atoms with Crippen molar-refractivity contribution in [2.45, 2.75) is 13.0 Å². The molecule has 0 aromatic carbocycles. The number of hydrogen-bond acceptors (Lipinski definition) is 4. The highest BCUT2D eigenvalue weighted by molar-refractivity contribution is 5.69. The van der Waals surface area contributed by atoms with Gasteiger partial charge in [-0.25, -0.2) is 0 Å². The van der Waals surface area contributed by atoms with E-state index in [2.05, 4.69) is 0 Å². The second-order valence-corrected chi connectivity index (χ2v) is 1.92. The molecule has 0 aromatic heterocycles. The summed E-state index contributed by atoms with van der Waals surface area (Å²) in [7, 11) is 0. The number of aliphatic carboxylic acids is 2. The van der Waals surface area contributed by atoms with Crippen molar-refractivity contribution in [2.24, 2.45) is 0 Å². The summed E-state index contributed by atoms with van der Waals surface area (Å²) in [6, 6.07) is -0.835. The van der Waals surface area contributed by atoms with Crippen molar-refractivity contribution in [3.63, 3.8) is 0 Å². The van der Waals surface area contributed by atoms with Gasteiger partial charge in [0.05, 0.1) is 11.9 Å². The lowest BCUT2D eigenvalue weighted by Crippen LogP contribution is -2.94. The lowest BCUT2D eigenvalue weighted by molar-refractivity contribution is -0.675. The van der Waals surface area contributed by atoms with Crippen molar-refractivity contribution in [3.8, 4) is 0 Å². The Balaban J connectivity index is 3.49. The Bertz CT molecular complexity index is 145. The zero-order chi connectivity index (χ0) is 8.15. The quantitative estimate of drug-likeness (QED) is 0.431. The van der Waals surface area contributed by atoms with Crippen LogP contribution in [0.4, 0.5) is 0 Å². The topological polar surface area (TPSA) is 96.9 Å². The van der Waals surface area contributed by atoms with E-state index in [4.69, 9.17) is 0 Å². The number of carbonyl (C=O) groups excluding carboxylic acids is 2. The molecule has 0 amide bonds. The largest absolute Gasteiger partial charge is 0.544 e. The standard InChI is InChI=1S/C5H9NO4/c1-3(5(9)10)6-2-4(7)8/h3,6H,2H2,1H3,(H,7,8)(H,9,10)/p-1/t3-/m0/s1. The summed E-state index contributed by atoms with van der Waals surface area (Å²) in [6.07, 6.45) is 0. The Labute approximate surface area is 57.7 Å². The van der Waals surface area contributed by atoms with E-state index in [0.717, 1.165) is 5.32 Å². The van der Waals surface area contributed by atoms with Gasteiger partial charge in [-0.2, -0.15) is 0 Å². The Kier molecular flexibility index (Phi) is 3.42. The fourth-order valence-electron chi connectivity index (χ4n) is 0.369. The van der Waals surface area contributed by atoms with Gasteiger partial charge >= 0.3 is 0 Å². The molecule has 10 heavy (non-hydrogen) atoms. The van der Waals surface area contributed by atoms with Crippen LogP contribution >= 0.6 is 0 Å². The summed E-state index contributed by atoms with van der Waals surface area (Å²) in [5.41, 5.74) is 0. The van der Waals surface area contributed by atoms with Crippen LogP contribution in [0.3, 0.4) is 0 Å². The molecule has 0 unspecified atom stereocenters. The highest BCUT2D eigenvalue weighted by Crippen LogP contribution is 1.63. The van der Waals surface area contributed by atoms with Gasteiger partial charge in [0, 0.05) is 0 Å². The summed E-state index contributed by atoms with van der Waals surface area (Å²) in [4.78, 5) is 19.7. The summed E-state index contributed by atoms with van der Waals surface area (Å²) >= 11 is 0. The molecule has 0 aromatic rings. The fraction of sp³-hybridized carbons (Fsp3) is 0.600. The molecule has 0 fully saturated rings. The average Bonchev–Trinajstić information content (AvgIpc) is 1.82. The van der Waals surface area contributed by atoms with Crippen molar-refractivity contribution >= 4 is 11.9 Å². The van der Waals surface area contributed by atoms with E-state index in [1.54, 1.807) is 0 Å². The lowest BCUT2D eigenvalue weighted by atomic mass is 10.3. The van der Waals surface area contributed by atoms with Gasteiger partial charge in [0.2, 0.25) is 0 Å². The summed E-state index contributed by atoms with van der Waals surface area (Å²) in [5, 5.41) is 20.8. The van der Waals surface area contributed by atoms with Crippen LogP contribution in [0.2, 0.25) is 0 Å². The van der Waals surface area contributed by atoms with Crippen molar-refractivity contribution in [1.29, 1.82) is 0 Å². The second kappa shape index (κ2) is 3.84. The Morgan fingerprint density at radius 1 is 1.50 bits per heavy atom. The molecule has 0 saturated carbocycles. The molecular weight excluding hydrogens is 138 g/mol. The van der Waals surface area contributed by atoms with Gasteiger partial charge in [0.25, 0.3) is 0 Å². The van der Waals surface area contributed by atoms with E-state index in [1.807, 2.05) is 0 Å². The van der Waals surface area contributed by atoms with Gasteiger partial charge in [-0.1, -0.05) is 0 Å². The molecule has 0 bridgehead atoms. The van der Waals surface area contributed by atoms with Gasteiger partial charge in [-0.3, -0.25) is 0 Å². The number of rotatable bonds is 4. The van der Waals surface area contributed by atoms with E-state index < -0.39 is 18.0 Å². The van der Waals surface area contributed by atoms with Crippen molar-refractivity contribution in [3.05, 3.63) is 0 Å². The van der Waals surface area contributed by atoms with Crippen LogP contribution in [0.5, 0.6) is 0 Å². The van der Waals surface area contributed by atoms with Crippen LogP contribution in [-0.2, 0) is 9.59 Å². The zero-order valence-electron chi connectivity index (χ0n) is 5.49. The van der Waals surface area contributed by atoms with E-state index >= 15 is 0 Å². The number of carbonyl (C=O) groups is 2. The van der Waals surface area contributed by atoms with Gasteiger partial charge < -0.3 is 25.1 Å². The number of nitrogens with two attached hydrogens (primary N) is 1. The maximum Gasteiger partial charge on any atom is 0.123 e. The first-order valence-electron chi connectivity index (χ1n) is 2.78. The minimum absolute atomic E-state index is 0.352. The molecule has 0 aliphatic carbocycles. The van der Waals surface area contributed by atoms with Crippen molar-refractivity contribution in [2.75, 3.05) is 6.54 Å². The molecule has 1 atom stereocenters. The molecule has 2 N–H and O–H groups in total. The van der Waals surface area contributed by atoms with Crippen LogP contribution in [0, 0.1) is 0 Å². The van der Waals surface area contributed by atoms with E-state index in [-0.39, 0.29) is 6.54 Å². The van der Waals surface area contributed by atoms with E-state index in [9.17, 15) is 19.8 Å². The number of quaternary nitrogens is 1. The Hall–Kier alpha value is -1.10. The van der Waals surface area contributed by atoms with Crippen LogP contribution in [0.25, 0.3) is 0 Å². The number of hydrogen-bond donors (Lipinski definition) is 1. The lowest BCUT2D eigenvalue weighted by Gasteiger charge is -2.10. The minimum atomic E-state index is -1.28. The highest BCUT2D eigenvalue weighted by atomic mass is 16.4. The first-order valence-corrected chi connectivity index (χ1v) is 2.78. The molecule has 0 saturated heterocycles. The first kappa shape index (κ1) is 8.90. The van der Waals surface area contributed by atoms with Crippen LogP contribution in [0.1, 0.15) is 6.92 Å². The Morgan fingerprint density at radius 3 is 2.30 bits per heavy atom. The summed E-state index contributed by atoms with van der Waals surface area (Å²) in [6.45, 7) is 0.993. The monoisotopic (exact) mass is 146 g/mol. The smallest absolute Gasteiger partial charge is 0.123 e. The van der Waals surface area contributed by atoms with E-state index in [1.165, 1.54) is 6.92 Å². The molecule has 58 valence electrons. The average molecular weight is 146 g/mol. The molecule has 0 radical (unpaired) electrons. The predicted octanol–water partition coefficient (Wildman–Crippen LogP) is -4.56. The van der Waals surface area contributed by atoms with Gasteiger partial charge in [-0.15, -0.1) is 0 Å². The molecular formula is C5H8NO4-. The molecule has 5 nitrogen and oxygen atoms in total. The van der Waals surface area contributed by atoms with Crippen molar-refractivity contribution < 1.29 is 25.1 Å². The molecule has 5 heteroatoms. The molecule has 0 heterocycles. The summed E-state index contributed by atoms with van der Waals surface area (Å²) in [5.74, 6) is -2.56. The SMILES string of the molecule is C[C@H]([NH2+]CC(=O)[O-])C(=O)[O-]. The third-order valence-corrected chi connectivity index (χ3v) is 1.01. The van der Waals surface area contributed by atoms with Gasteiger partial charge in [0.1, 0.15) is 12.6 Å². The van der Waals surface area contributed by atoms with Crippen LogP contribution in [0.15, 0.2) is 0 Å².